The number of nitrogens with zero attached hydrogens (tertiary/aromatic N) is 1. The smallest absolute Gasteiger partial charge is 0.228 e. The Hall–Kier alpha value is -2.75. The number of halogens is 1. The van der Waals surface area contributed by atoms with Gasteiger partial charge >= 0.3 is 0 Å². The molecule has 0 aliphatic rings. The number of carbonyl (C=O) groups is 1. The van der Waals surface area contributed by atoms with E-state index < -0.39 is 0 Å². The molecule has 0 radical (unpaired) electrons. The molecule has 1 aromatic heterocycles. The van der Waals surface area contributed by atoms with E-state index in [1.165, 1.54) is 12.1 Å². The van der Waals surface area contributed by atoms with Gasteiger partial charge in [-0.05, 0) is 29.8 Å². The van der Waals surface area contributed by atoms with Crippen molar-refractivity contribution in [1.29, 1.82) is 0 Å². The molecule has 0 fully saturated rings. The van der Waals surface area contributed by atoms with E-state index in [-0.39, 0.29) is 18.1 Å². The fourth-order valence-corrected chi connectivity index (χ4v) is 2.23. The summed E-state index contributed by atoms with van der Waals surface area (Å²) in [7, 11) is 0. The van der Waals surface area contributed by atoms with Crippen LogP contribution in [0, 0.1) is 5.82 Å². The van der Waals surface area contributed by atoms with Gasteiger partial charge in [-0.15, -0.1) is 0 Å². The van der Waals surface area contributed by atoms with Crippen LogP contribution in [0.1, 0.15) is 5.56 Å². The van der Waals surface area contributed by atoms with Crippen molar-refractivity contribution in [2.24, 2.45) is 0 Å². The summed E-state index contributed by atoms with van der Waals surface area (Å²) in [5.41, 5.74) is 2.04. The molecule has 0 spiro atoms. The third kappa shape index (κ3) is 3.05. The van der Waals surface area contributed by atoms with E-state index in [1.54, 1.807) is 24.4 Å². The van der Waals surface area contributed by atoms with Crippen LogP contribution in [0.15, 0.2) is 60.8 Å². The Kier molecular flexibility index (Phi) is 3.60. The quantitative estimate of drug-likeness (QED) is 0.797. The third-order valence-electron chi connectivity index (χ3n) is 3.16. The molecule has 104 valence electrons. The fraction of sp³-hybridized carbons (Fsp3) is 0.0588. The number of benzene rings is 2. The summed E-state index contributed by atoms with van der Waals surface area (Å²) in [4.78, 5) is 16.4. The minimum Gasteiger partial charge on any atom is -0.324 e. The van der Waals surface area contributed by atoms with Gasteiger partial charge in [0.1, 0.15) is 5.82 Å². The Bertz CT molecular complexity index is 796. The molecule has 3 nitrogen and oxygen atoms in total. The van der Waals surface area contributed by atoms with Crippen LogP contribution >= 0.6 is 0 Å². The molecule has 3 rings (SSSR count). The van der Waals surface area contributed by atoms with Crippen molar-refractivity contribution in [3.63, 3.8) is 0 Å². The molecular weight excluding hydrogens is 267 g/mol. The third-order valence-corrected chi connectivity index (χ3v) is 3.16. The molecule has 3 aromatic rings. The van der Waals surface area contributed by atoms with E-state index in [1.807, 2.05) is 24.3 Å². The van der Waals surface area contributed by atoms with E-state index in [0.717, 1.165) is 10.9 Å². The average Bonchev–Trinajstić information content (AvgIpc) is 2.47. The van der Waals surface area contributed by atoms with Crippen LogP contribution in [0.25, 0.3) is 10.9 Å². The standard InChI is InChI=1S/C17H13FN2O/c18-14-7-1-4-12(10-14)11-16(21)20-15-8-2-5-13-6-3-9-19-17(13)15/h1-10H,11H2,(H,20,21). The molecule has 0 atom stereocenters. The first kappa shape index (κ1) is 13.2. The number of para-hydroxylation sites is 1. The van der Waals surface area contributed by atoms with Crippen LogP contribution < -0.4 is 5.32 Å². The number of rotatable bonds is 3. The highest BCUT2D eigenvalue weighted by molar-refractivity contribution is 6.00. The molecule has 2 aromatic carbocycles. The average molecular weight is 280 g/mol. The minimum absolute atomic E-state index is 0.126. The first-order chi connectivity index (χ1) is 10.2. The lowest BCUT2D eigenvalue weighted by atomic mass is 10.1. The maximum Gasteiger partial charge on any atom is 0.228 e. The molecular formula is C17H13FN2O. The predicted octanol–water partition coefficient (Wildman–Crippen LogP) is 3.56. The van der Waals surface area contributed by atoms with Crippen molar-refractivity contribution in [1.82, 2.24) is 4.98 Å². The van der Waals surface area contributed by atoms with Crippen LogP contribution in [0.3, 0.4) is 0 Å². The lowest BCUT2D eigenvalue weighted by molar-refractivity contribution is -0.115. The van der Waals surface area contributed by atoms with Crippen molar-refractivity contribution >= 4 is 22.5 Å². The molecule has 0 aliphatic heterocycles. The zero-order valence-corrected chi connectivity index (χ0v) is 11.2. The summed E-state index contributed by atoms with van der Waals surface area (Å²) in [5, 5.41) is 3.79. The molecule has 21 heavy (non-hydrogen) atoms. The van der Waals surface area contributed by atoms with Crippen LogP contribution in [-0.4, -0.2) is 10.9 Å². The first-order valence-corrected chi connectivity index (χ1v) is 6.60. The van der Waals surface area contributed by atoms with Crippen molar-refractivity contribution in [2.75, 3.05) is 5.32 Å². The van der Waals surface area contributed by atoms with Gasteiger partial charge in [-0.25, -0.2) is 4.39 Å². The van der Waals surface area contributed by atoms with Gasteiger partial charge in [0.15, 0.2) is 0 Å². The minimum atomic E-state index is -0.341. The molecule has 0 saturated heterocycles. The molecule has 0 unspecified atom stereocenters. The number of hydrogen-bond donors (Lipinski definition) is 1. The monoisotopic (exact) mass is 280 g/mol. The Balaban J connectivity index is 1.80. The SMILES string of the molecule is O=C(Cc1cccc(F)c1)Nc1cccc2cccnc12. The van der Waals surface area contributed by atoms with Crippen LogP contribution in [-0.2, 0) is 11.2 Å². The number of amides is 1. The van der Waals surface area contributed by atoms with Crippen LogP contribution in [0.2, 0.25) is 0 Å². The fourth-order valence-electron chi connectivity index (χ4n) is 2.23. The van der Waals surface area contributed by atoms with Crippen molar-refractivity contribution in [3.05, 3.63) is 72.2 Å². The topological polar surface area (TPSA) is 42.0 Å². The predicted molar refractivity (Wildman–Crippen MR) is 80.5 cm³/mol. The Morgan fingerprint density at radius 2 is 1.90 bits per heavy atom. The van der Waals surface area contributed by atoms with Gasteiger partial charge in [0, 0.05) is 11.6 Å². The maximum absolute atomic E-state index is 13.1. The first-order valence-electron chi connectivity index (χ1n) is 6.60. The lowest BCUT2D eigenvalue weighted by Crippen LogP contribution is -2.14. The molecule has 1 heterocycles. The normalized spacial score (nSPS) is 10.5. The number of carbonyl (C=O) groups excluding carboxylic acids is 1. The summed E-state index contributed by atoms with van der Waals surface area (Å²) >= 11 is 0. The van der Waals surface area contributed by atoms with Gasteiger partial charge in [-0.1, -0.05) is 30.3 Å². The number of anilines is 1. The number of nitrogens with one attached hydrogen (secondary N) is 1. The lowest BCUT2D eigenvalue weighted by Gasteiger charge is -2.08. The second-order valence-electron chi connectivity index (χ2n) is 4.74. The highest BCUT2D eigenvalue weighted by Gasteiger charge is 2.08. The number of aromatic nitrogens is 1. The van der Waals surface area contributed by atoms with Crippen LogP contribution in [0.4, 0.5) is 10.1 Å². The molecule has 1 N–H and O–H groups in total. The molecule has 0 saturated carbocycles. The van der Waals surface area contributed by atoms with Gasteiger partial charge in [-0.3, -0.25) is 9.78 Å². The highest BCUT2D eigenvalue weighted by Crippen LogP contribution is 2.20. The maximum atomic E-state index is 13.1. The van der Waals surface area contributed by atoms with Crippen molar-refractivity contribution in [3.8, 4) is 0 Å². The van der Waals surface area contributed by atoms with E-state index in [9.17, 15) is 9.18 Å². The second kappa shape index (κ2) is 5.71. The number of hydrogen-bond acceptors (Lipinski definition) is 2. The molecule has 0 aliphatic carbocycles. The number of pyridine rings is 1. The van der Waals surface area contributed by atoms with Crippen molar-refractivity contribution < 1.29 is 9.18 Å². The highest BCUT2D eigenvalue weighted by atomic mass is 19.1. The van der Waals surface area contributed by atoms with Gasteiger partial charge in [0.2, 0.25) is 5.91 Å². The summed E-state index contributed by atoms with van der Waals surface area (Å²) in [6.07, 6.45) is 1.81. The summed E-state index contributed by atoms with van der Waals surface area (Å²) in [5.74, 6) is -0.536. The second-order valence-corrected chi connectivity index (χ2v) is 4.74. The molecule has 1 amide bonds. The van der Waals surface area contributed by atoms with Crippen molar-refractivity contribution in [2.45, 2.75) is 6.42 Å². The summed E-state index contributed by atoms with van der Waals surface area (Å²) in [6.45, 7) is 0. The molecule has 0 bridgehead atoms. The molecule has 4 heteroatoms. The van der Waals surface area contributed by atoms with Crippen LogP contribution in [0.5, 0.6) is 0 Å². The van der Waals surface area contributed by atoms with Gasteiger partial charge in [0.25, 0.3) is 0 Å². The zero-order chi connectivity index (χ0) is 14.7. The van der Waals surface area contributed by atoms with Gasteiger partial charge < -0.3 is 5.32 Å². The van der Waals surface area contributed by atoms with Gasteiger partial charge in [0.05, 0.1) is 17.6 Å². The van der Waals surface area contributed by atoms with E-state index >= 15 is 0 Å². The van der Waals surface area contributed by atoms with E-state index in [2.05, 4.69) is 10.3 Å². The Morgan fingerprint density at radius 3 is 2.76 bits per heavy atom. The Labute approximate surface area is 121 Å². The Morgan fingerprint density at radius 1 is 1.10 bits per heavy atom. The van der Waals surface area contributed by atoms with E-state index in [4.69, 9.17) is 0 Å². The number of fused-ring (bicyclic) bond motifs is 1. The summed E-state index contributed by atoms with van der Waals surface area (Å²) < 4.78 is 13.1. The largest absolute Gasteiger partial charge is 0.324 e. The van der Waals surface area contributed by atoms with E-state index in [0.29, 0.717) is 11.3 Å². The van der Waals surface area contributed by atoms with Gasteiger partial charge in [-0.2, -0.15) is 0 Å². The zero-order valence-electron chi connectivity index (χ0n) is 11.2. The summed E-state index contributed by atoms with van der Waals surface area (Å²) in [6, 6.07) is 15.4.